The van der Waals surface area contributed by atoms with Gasteiger partial charge in [-0.25, -0.2) is 8.42 Å². The fourth-order valence-electron chi connectivity index (χ4n) is 4.82. The van der Waals surface area contributed by atoms with Gasteiger partial charge in [-0.3, -0.25) is 4.79 Å². The normalized spacial score (nSPS) is 22.4. The summed E-state index contributed by atoms with van der Waals surface area (Å²) in [6.07, 6.45) is 6.55. The highest BCUT2D eigenvalue weighted by atomic mass is 32.2. The summed E-state index contributed by atoms with van der Waals surface area (Å²) in [6.45, 7) is 6.83. The van der Waals surface area contributed by atoms with Gasteiger partial charge in [0.1, 0.15) is 0 Å². The number of hydrogen-bond donors (Lipinski definition) is 1. The van der Waals surface area contributed by atoms with Gasteiger partial charge < -0.3 is 9.80 Å². The van der Waals surface area contributed by atoms with Crippen molar-refractivity contribution >= 4 is 15.9 Å². The Hall–Kier alpha value is -1.44. The maximum Gasteiger partial charge on any atom is 0.277 e. The van der Waals surface area contributed by atoms with E-state index >= 15 is 0 Å². The number of amides is 1. The molecule has 0 radical (unpaired) electrons. The molecule has 4 rings (SSSR count). The molecule has 0 unspecified atom stereocenters. The van der Waals surface area contributed by atoms with Crippen LogP contribution in [0.3, 0.4) is 0 Å². The molecule has 1 amide bonds. The van der Waals surface area contributed by atoms with Crippen molar-refractivity contribution in [3.63, 3.8) is 0 Å². The quantitative estimate of drug-likeness (QED) is 0.781. The number of nitrogens with one attached hydrogen (secondary N) is 1. The summed E-state index contributed by atoms with van der Waals surface area (Å²) in [7, 11) is -3.45. The standard InChI is InChI=1S/C22H33N3O3S/c1-18-8-10-24(11-9-18)22(26)17-23-12-14-25(15-13-23)29(27,28)21-7-6-19-4-2-3-5-20(19)16-21/h6-7,16,18H,2-5,8-15,17H2,1H3/p+1. The van der Waals surface area contributed by atoms with Crippen molar-refractivity contribution in [2.45, 2.75) is 50.3 Å². The van der Waals surface area contributed by atoms with Crippen LogP contribution in [0.4, 0.5) is 0 Å². The molecule has 1 aromatic rings. The molecule has 1 N–H and O–H groups in total. The van der Waals surface area contributed by atoms with E-state index in [9.17, 15) is 13.2 Å². The number of sulfonamides is 1. The Balaban J connectivity index is 1.33. The lowest BCUT2D eigenvalue weighted by atomic mass is 9.92. The number of quaternary nitrogens is 1. The van der Waals surface area contributed by atoms with Gasteiger partial charge in [0.25, 0.3) is 5.91 Å². The van der Waals surface area contributed by atoms with Crippen molar-refractivity contribution in [2.75, 3.05) is 45.8 Å². The molecule has 2 fully saturated rings. The summed E-state index contributed by atoms with van der Waals surface area (Å²) < 4.78 is 27.8. The summed E-state index contributed by atoms with van der Waals surface area (Å²) in [5, 5.41) is 0. The number of hydrogen-bond acceptors (Lipinski definition) is 3. The second kappa shape index (κ2) is 8.74. The first kappa shape index (κ1) is 20.8. The van der Waals surface area contributed by atoms with Crippen LogP contribution in [-0.4, -0.2) is 69.3 Å². The molecule has 2 heterocycles. The van der Waals surface area contributed by atoms with E-state index in [1.54, 1.807) is 10.4 Å². The Morgan fingerprint density at radius 2 is 1.69 bits per heavy atom. The van der Waals surface area contributed by atoms with Crippen LogP contribution in [-0.2, 0) is 27.7 Å². The zero-order valence-corrected chi connectivity index (χ0v) is 18.3. The third-order valence-electron chi connectivity index (χ3n) is 6.92. The summed E-state index contributed by atoms with van der Waals surface area (Å²) in [6, 6.07) is 5.67. The van der Waals surface area contributed by atoms with Crippen molar-refractivity contribution in [3.05, 3.63) is 29.3 Å². The monoisotopic (exact) mass is 420 g/mol. The molecule has 160 valence electrons. The van der Waals surface area contributed by atoms with Crippen molar-refractivity contribution in [1.29, 1.82) is 0 Å². The topological polar surface area (TPSA) is 62.1 Å². The van der Waals surface area contributed by atoms with Crippen LogP contribution in [0.2, 0.25) is 0 Å². The minimum absolute atomic E-state index is 0.220. The van der Waals surface area contributed by atoms with E-state index in [4.69, 9.17) is 0 Å². The van der Waals surface area contributed by atoms with Gasteiger partial charge in [0, 0.05) is 13.1 Å². The van der Waals surface area contributed by atoms with Gasteiger partial charge >= 0.3 is 0 Å². The molecular weight excluding hydrogens is 386 g/mol. The van der Waals surface area contributed by atoms with Crippen LogP contribution in [0.15, 0.2) is 23.1 Å². The van der Waals surface area contributed by atoms with Gasteiger partial charge in [-0.15, -0.1) is 0 Å². The van der Waals surface area contributed by atoms with Gasteiger partial charge in [-0.1, -0.05) is 13.0 Å². The number of benzene rings is 1. The average molecular weight is 421 g/mol. The molecule has 0 aromatic heterocycles. The minimum Gasteiger partial charge on any atom is -0.338 e. The number of carbonyl (C=O) groups is 1. The predicted octanol–water partition coefficient (Wildman–Crippen LogP) is 0.713. The Morgan fingerprint density at radius 1 is 1.03 bits per heavy atom. The zero-order chi connectivity index (χ0) is 20.4. The highest BCUT2D eigenvalue weighted by Gasteiger charge is 2.32. The highest BCUT2D eigenvalue weighted by molar-refractivity contribution is 7.89. The van der Waals surface area contributed by atoms with Crippen molar-refractivity contribution in [2.24, 2.45) is 5.92 Å². The molecule has 3 aliphatic rings. The Kier molecular flexibility index (Phi) is 6.27. The summed E-state index contributed by atoms with van der Waals surface area (Å²) in [5.74, 6) is 0.932. The van der Waals surface area contributed by atoms with E-state index in [0.29, 0.717) is 43.5 Å². The molecule has 0 atom stereocenters. The number of fused-ring (bicyclic) bond motifs is 1. The first-order valence-electron chi connectivity index (χ1n) is 11.2. The third-order valence-corrected chi connectivity index (χ3v) is 8.82. The van der Waals surface area contributed by atoms with Gasteiger partial charge in [-0.05, 0) is 67.7 Å². The lowest BCUT2D eigenvalue weighted by Crippen LogP contribution is -3.15. The average Bonchev–Trinajstić information content (AvgIpc) is 2.74. The van der Waals surface area contributed by atoms with E-state index in [1.165, 1.54) is 22.4 Å². The van der Waals surface area contributed by atoms with Gasteiger partial charge in [-0.2, -0.15) is 4.31 Å². The molecule has 29 heavy (non-hydrogen) atoms. The number of nitrogens with zero attached hydrogens (tertiary/aromatic N) is 2. The number of aryl methyl sites for hydroxylation is 2. The minimum atomic E-state index is -3.45. The molecule has 2 aliphatic heterocycles. The van der Waals surface area contributed by atoms with Crippen LogP contribution >= 0.6 is 0 Å². The van der Waals surface area contributed by atoms with Crippen molar-refractivity contribution in [3.8, 4) is 0 Å². The van der Waals surface area contributed by atoms with E-state index in [0.717, 1.165) is 45.2 Å². The van der Waals surface area contributed by atoms with Crippen LogP contribution in [0.5, 0.6) is 0 Å². The predicted molar refractivity (Wildman–Crippen MR) is 112 cm³/mol. The van der Waals surface area contributed by atoms with Crippen molar-refractivity contribution in [1.82, 2.24) is 9.21 Å². The van der Waals surface area contributed by atoms with E-state index < -0.39 is 10.0 Å². The molecule has 0 spiro atoms. The summed E-state index contributed by atoms with van der Waals surface area (Å²) in [4.78, 5) is 16.2. The van der Waals surface area contributed by atoms with Crippen LogP contribution in [0, 0.1) is 5.92 Å². The van der Waals surface area contributed by atoms with E-state index in [2.05, 4.69) is 6.92 Å². The maximum absolute atomic E-state index is 13.1. The van der Waals surface area contributed by atoms with Gasteiger partial charge in [0.05, 0.1) is 31.1 Å². The van der Waals surface area contributed by atoms with E-state index in [1.807, 2.05) is 17.0 Å². The Morgan fingerprint density at radius 3 is 2.38 bits per heavy atom. The Labute approximate surface area is 174 Å². The molecule has 7 heteroatoms. The summed E-state index contributed by atoms with van der Waals surface area (Å²) in [5.41, 5.74) is 2.50. The fourth-order valence-corrected chi connectivity index (χ4v) is 6.32. The molecular formula is C22H34N3O3S+. The van der Waals surface area contributed by atoms with Gasteiger partial charge in [0.2, 0.25) is 10.0 Å². The third kappa shape index (κ3) is 4.67. The van der Waals surface area contributed by atoms with Crippen LogP contribution in [0.1, 0.15) is 43.7 Å². The Bertz CT molecular complexity index is 839. The highest BCUT2D eigenvalue weighted by Crippen LogP contribution is 2.25. The lowest BCUT2D eigenvalue weighted by molar-refractivity contribution is -0.896. The first-order chi connectivity index (χ1) is 13.9. The molecule has 6 nitrogen and oxygen atoms in total. The number of rotatable bonds is 4. The second-order valence-electron chi connectivity index (χ2n) is 9.03. The molecule has 1 aromatic carbocycles. The number of likely N-dealkylation sites (tertiary alicyclic amines) is 1. The number of carbonyl (C=O) groups excluding carboxylic acids is 1. The largest absolute Gasteiger partial charge is 0.338 e. The molecule has 1 aliphatic carbocycles. The van der Waals surface area contributed by atoms with Gasteiger partial charge in [0.15, 0.2) is 6.54 Å². The molecule has 0 bridgehead atoms. The SMILES string of the molecule is CC1CCN(C(=O)C[NH+]2CCN(S(=O)(=O)c3ccc4c(c3)CCCC4)CC2)CC1. The van der Waals surface area contributed by atoms with Crippen LogP contribution < -0.4 is 4.90 Å². The second-order valence-corrected chi connectivity index (χ2v) is 11.0. The maximum atomic E-state index is 13.1. The van der Waals surface area contributed by atoms with Crippen molar-refractivity contribution < 1.29 is 18.1 Å². The van der Waals surface area contributed by atoms with Crippen LogP contribution in [0.25, 0.3) is 0 Å². The number of piperazine rings is 1. The van der Waals surface area contributed by atoms with E-state index in [-0.39, 0.29) is 5.91 Å². The summed E-state index contributed by atoms with van der Waals surface area (Å²) >= 11 is 0. The fraction of sp³-hybridized carbons (Fsp3) is 0.682. The smallest absolute Gasteiger partial charge is 0.277 e. The lowest BCUT2D eigenvalue weighted by Gasteiger charge is -2.34. The number of piperidine rings is 1. The molecule has 0 saturated carbocycles. The zero-order valence-electron chi connectivity index (χ0n) is 17.5. The molecule has 2 saturated heterocycles. The first-order valence-corrected chi connectivity index (χ1v) is 12.6.